The molecular weight excluding hydrogens is 282 g/mol. The molecule has 0 aromatic carbocycles. The summed E-state index contributed by atoms with van der Waals surface area (Å²) in [5, 5.41) is 0. The van der Waals surface area contributed by atoms with E-state index >= 15 is 0 Å². The van der Waals surface area contributed by atoms with Crippen LogP contribution in [0.4, 0.5) is 9.59 Å². The van der Waals surface area contributed by atoms with Gasteiger partial charge >= 0.3 is 12.1 Å². The lowest BCUT2D eigenvalue weighted by molar-refractivity contribution is -0.0115. The molecule has 1 aliphatic rings. The summed E-state index contributed by atoms with van der Waals surface area (Å²) in [7, 11) is 1.81. The molecule has 0 N–H and O–H groups in total. The lowest BCUT2D eigenvalue weighted by Gasteiger charge is -2.45. The van der Waals surface area contributed by atoms with Crippen LogP contribution in [0, 0.1) is 0 Å². The van der Waals surface area contributed by atoms with Gasteiger partial charge in [-0.15, -0.1) is 0 Å². The van der Waals surface area contributed by atoms with Crippen LogP contribution in [0.5, 0.6) is 0 Å². The predicted molar refractivity (Wildman–Crippen MR) is 86.9 cm³/mol. The molecule has 1 saturated heterocycles. The molecule has 1 fully saturated rings. The minimum absolute atomic E-state index is 0.0116. The summed E-state index contributed by atoms with van der Waals surface area (Å²) in [6, 6.07) is 0.0331. The first-order chi connectivity index (χ1) is 9.94. The van der Waals surface area contributed by atoms with Gasteiger partial charge in [0.05, 0.1) is 12.1 Å². The highest BCUT2D eigenvalue weighted by molar-refractivity contribution is 5.75. The molecule has 0 saturated carbocycles. The molecule has 0 aromatic rings. The Morgan fingerprint density at radius 1 is 1.14 bits per heavy atom. The Morgan fingerprint density at radius 3 is 1.95 bits per heavy atom. The van der Waals surface area contributed by atoms with Crippen LogP contribution in [0.3, 0.4) is 0 Å². The van der Waals surface area contributed by atoms with Gasteiger partial charge < -0.3 is 14.5 Å². The minimum Gasteiger partial charge on any atom is -0.444 e. The third kappa shape index (κ3) is 4.52. The van der Waals surface area contributed by atoms with Crippen molar-refractivity contribution < 1.29 is 14.3 Å². The molecule has 128 valence electrons. The Kier molecular flexibility index (Phi) is 5.70. The van der Waals surface area contributed by atoms with Crippen molar-refractivity contribution in [3.63, 3.8) is 0 Å². The van der Waals surface area contributed by atoms with E-state index in [2.05, 4.69) is 0 Å². The van der Waals surface area contributed by atoms with Crippen molar-refractivity contribution in [1.82, 2.24) is 14.7 Å². The van der Waals surface area contributed by atoms with E-state index in [1.54, 1.807) is 9.80 Å². The standard InChI is InChI=1S/C16H31N3O3/c1-11(2)17(8)14(20)18-9-12(3)19(13(4)10-18)15(21)22-16(5,6)7/h11-13H,9-10H2,1-8H3. The van der Waals surface area contributed by atoms with Crippen LogP contribution in [0.2, 0.25) is 0 Å². The number of amides is 3. The van der Waals surface area contributed by atoms with Crippen molar-refractivity contribution in [3.05, 3.63) is 0 Å². The number of carbonyl (C=O) groups excluding carboxylic acids is 2. The van der Waals surface area contributed by atoms with Gasteiger partial charge in [0, 0.05) is 26.2 Å². The average molecular weight is 313 g/mol. The monoisotopic (exact) mass is 313 g/mol. The maximum Gasteiger partial charge on any atom is 0.410 e. The first kappa shape index (κ1) is 18.6. The van der Waals surface area contributed by atoms with Gasteiger partial charge in [-0.1, -0.05) is 0 Å². The number of urea groups is 1. The van der Waals surface area contributed by atoms with Crippen molar-refractivity contribution in [1.29, 1.82) is 0 Å². The molecule has 0 bridgehead atoms. The molecule has 0 aliphatic carbocycles. The minimum atomic E-state index is -0.513. The van der Waals surface area contributed by atoms with Crippen LogP contribution in [-0.2, 0) is 4.74 Å². The fraction of sp³-hybridized carbons (Fsp3) is 0.875. The number of rotatable bonds is 1. The Labute approximate surface area is 134 Å². The summed E-state index contributed by atoms with van der Waals surface area (Å²) in [5.41, 5.74) is -0.513. The average Bonchev–Trinajstić information content (AvgIpc) is 2.33. The van der Waals surface area contributed by atoms with E-state index in [4.69, 9.17) is 4.74 Å². The number of piperazine rings is 1. The van der Waals surface area contributed by atoms with Gasteiger partial charge in [0.15, 0.2) is 0 Å². The summed E-state index contributed by atoms with van der Waals surface area (Å²) >= 11 is 0. The molecule has 0 radical (unpaired) electrons. The third-order valence-electron chi connectivity index (χ3n) is 3.87. The van der Waals surface area contributed by atoms with Crippen LogP contribution in [0.1, 0.15) is 48.5 Å². The van der Waals surface area contributed by atoms with Gasteiger partial charge in [-0.25, -0.2) is 9.59 Å². The summed E-state index contributed by atoms with van der Waals surface area (Å²) in [6.45, 7) is 14.5. The maximum atomic E-state index is 12.5. The Hall–Kier alpha value is -1.46. The summed E-state index contributed by atoms with van der Waals surface area (Å²) in [6.07, 6.45) is -0.309. The lowest BCUT2D eigenvalue weighted by atomic mass is 10.1. The SMILES string of the molecule is CC(C)N(C)C(=O)N1CC(C)N(C(=O)OC(C)(C)C)C(C)C1. The predicted octanol–water partition coefficient (Wildman–Crippen LogP) is 2.78. The van der Waals surface area contributed by atoms with E-state index in [9.17, 15) is 9.59 Å². The fourth-order valence-electron chi connectivity index (χ4n) is 2.60. The van der Waals surface area contributed by atoms with E-state index < -0.39 is 5.60 Å². The summed E-state index contributed by atoms with van der Waals surface area (Å²) < 4.78 is 5.47. The first-order valence-electron chi connectivity index (χ1n) is 7.97. The topological polar surface area (TPSA) is 53.1 Å². The van der Waals surface area contributed by atoms with Gasteiger partial charge in [-0.05, 0) is 48.5 Å². The van der Waals surface area contributed by atoms with Crippen LogP contribution in [-0.4, -0.2) is 70.7 Å². The zero-order valence-corrected chi connectivity index (χ0v) is 15.2. The molecule has 2 unspecified atom stereocenters. The van der Waals surface area contributed by atoms with Crippen molar-refractivity contribution in [2.24, 2.45) is 0 Å². The Morgan fingerprint density at radius 2 is 1.59 bits per heavy atom. The van der Waals surface area contributed by atoms with E-state index in [1.165, 1.54) is 0 Å². The van der Waals surface area contributed by atoms with Crippen LogP contribution >= 0.6 is 0 Å². The van der Waals surface area contributed by atoms with Gasteiger partial charge in [-0.2, -0.15) is 0 Å². The second kappa shape index (κ2) is 6.75. The third-order valence-corrected chi connectivity index (χ3v) is 3.87. The molecule has 1 aliphatic heterocycles. The molecule has 1 heterocycles. The molecule has 6 nitrogen and oxygen atoms in total. The van der Waals surface area contributed by atoms with E-state index in [-0.39, 0.29) is 30.2 Å². The lowest BCUT2D eigenvalue weighted by Crippen LogP contribution is -2.62. The molecule has 0 spiro atoms. The molecule has 22 heavy (non-hydrogen) atoms. The molecule has 1 rings (SSSR count). The van der Waals surface area contributed by atoms with E-state index in [0.29, 0.717) is 13.1 Å². The zero-order chi connectivity index (χ0) is 17.2. The van der Waals surface area contributed by atoms with Gasteiger partial charge in [0.25, 0.3) is 0 Å². The maximum absolute atomic E-state index is 12.5. The normalized spacial score (nSPS) is 22.8. The Balaban J connectivity index is 2.77. The Bertz CT molecular complexity index is 405. The van der Waals surface area contributed by atoms with Gasteiger partial charge in [0.1, 0.15) is 5.60 Å². The van der Waals surface area contributed by atoms with Crippen LogP contribution in [0.15, 0.2) is 0 Å². The van der Waals surface area contributed by atoms with E-state index in [0.717, 1.165) is 0 Å². The highest BCUT2D eigenvalue weighted by Crippen LogP contribution is 2.21. The zero-order valence-electron chi connectivity index (χ0n) is 15.2. The van der Waals surface area contributed by atoms with Crippen molar-refractivity contribution in [2.45, 2.75) is 72.2 Å². The van der Waals surface area contributed by atoms with Crippen molar-refractivity contribution in [2.75, 3.05) is 20.1 Å². The smallest absolute Gasteiger partial charge is 0.410 e. The molecule has 6 heteroatoms. The van der Waals surface area contributed by atoms with Crippen LogP contribution in [0.25, 0.3) is 0 Å². The number of nitrogens with zero attached hydrogens (tertiary/aromatic N) is 3. The highest BCUT2D eigenvalue weighted by Gasteiger charge is 2.37. The molecular formula is C16H31N3O3. The summed E-state index contributed by atoms with van der Waals surface area (Å²) in [5.74, 6) is 0. The molecule has 2 atom stereocenters. The van der Waals surface area contributed by atoms with Gasteiger partial charge in [-0.3, -0.25) is 4.90 Å². The van der Waals surface area contributed by atoms with Crippen molar-refractivity contribution >= 4 is 12.1 Å². The molecule has 0 aromatic heterocycles. The van der Waals surface area contributed by atoms with Crippen molar-refractivity contribution in [3.8, 4) is 0 Å². The second-order valence-electron chi connectivity index (χ2n) is 7.48. The fourth-order valence-corrected chi connectivity index (χ4v) is 2.60. The first-order valence-corrected chi connectivity index (χ1v) is 7.97. The largest absolute Gasteiger partial charge is 0.444 e. The summed E-state index contributed by atoms with van der Waals surface area (Å²) in [4.78, 5) is 30.1. The number of hydrogen-bond donors (Lipinski definition) is 0. The van der Waals surface area contributed by atoms with Gasteiger partial charge in [0.2, 0.25) is 0 Å². The molecule has 3 amide bonds. The number of carbonyl (C=O) groups is 2. The number of hydrogen-bond acceptors (Lipinski definition) is 3. The van der Waals surface area contributed by atoms with E-state index in [1.807, 2.05) is 60.4 Å². The van der Waals surface area contributed by atoms with Crippen LogP contribution < -0.4 is 0 Å². The quantitative estimate of drug-likeness (QED) is 0.748. The number of ether oxygens (including phenoxy) is 1. The highest BCUT2D eigenvalue weighted by atomic mass is 16.6. The second-order valence-corrected chi connectivity index (χ2v) is 7.48.